The number of carbonyl (C=O) groups excluding carboxylic acids is 1. The zero-order valence-electron chi connectivity index (χ0n) is 16.2. The second-order valence-corrected chi connectivity index (χ2v) is 9.04. The van der Waals surface area contributed by atoms with Gasteiger partial charge < -0.3 is 10.0 Å². The van der Waals surface area contributed by atoms with Crippen LogP contribution in [0.2, 0.25) is 0 Å². The Kier molecular flexibility index (Phi) is 5.85. The molecule has 2 aromatic carbocycles. The number of piperidine rings is 1. The molecule has 1 N–H and O–H groups in total. The summed E-state index contributed by atoms with van der Waals surface area (Å²) in [7, 11) is 0. The number of fused-ring (bicyclic) bond motifs is 1. The van der Waals surface area contributed by atoms with Crippen LogP contribution >= 0.6 is 15.9 Å². The van der Waals surface area contributed by atoms with Gasteiger partial charge in [-0.3, -0.25) is 9.69 Å². The van der Waals surface area contributed by atoms with Gasteiger partial charge in [-0.2, -0.15) is 0 Å². The van der Waals surface area contributed by atoms with E-state index in [2.05, 4.69) is 52.0 Å². The van der Waals surface area contributed by atoms with E-state index in [-0.39, 0.29) is 18.0 Å². The van der Waals surface area contributed by atoms with Crippen molar-refractivity contribution in [2.45, 2.75) is 44.5 Å². The Hall–Kier alpha value is -1.69. The first-order valence-corrected chi connectivity index (χ1v) is 10.8. The number of benzene rings is 2. The fourth-order valence-corrected chi connectivity index (χ4v) is 5.02. The molecule has 148 valence electrons. The summed E-state index contributed by atoms with van der Waals surface area (Å²) >= 11 is 3.51. The van der Waals surface area contributed by atoms with Gasteiger partial charge in [-0.05, 0) is 42.0 Å². The van der Waals surface area contributed by atoms with E-state index in [4.69, 9.17) is 0 Å². The molecular weight excluding hydrogens is 416 g/mol. The van der Waals surface area contributed by atoms with Crippen LogP contribution in [0.25, 0.3) is 0 Å². The smallest absolute Gasteiger partial charge is 0.240 e. The van der Waals surface area contributed by atoms with Crippen molar-refractivity contribution in [1.82, 2.24) is 9.80 Å². The molecular formula is C23H27BrN2O2. The molecule has 2 fully saturated rings. The molecule has 0 aromatic heterocycles. The Morgan fingerprint density at radius 1 is 1.04 bits per heavy atom. The molecule has 4 rings (SSSR count). The maximum Gasteiger partial charge on any atom is 0.240 e. The minimum Gasteiger partial charge on any atom is -0.390 e. The maximum absolute atomic E-state index is 13.4. The van der Waals surface area contributed by atoms with E-state index in [1.54, 1.807) is 0 Å². The number of nitrogens with zero attached hydrogens (tertiary/aromatic N) is 2. The molecule has 2 aliphatic rings. The normalized spacial score (nSPS) is 28.7. The number of rotatable bonds is 3. The number of amides is 1. The standard InChI is InChI=1S/C23H27BrN2O2/c1-16-7-12-21-23(28)25(13-17-5-3-2-4-6-17)14-20(27)15-26(21)22(16)18-8-10-19(24)11-9-18/h2-6,8-11,16,20-22,27H,7,12-15H2,1H3/t16-,20+,21-,22+/m0/s1. The third-order valence-electron chi connectivity index (χ3n) is 6.07. The number of halogens is 1. The number of hydrogen-bond donors (Lipinski definition) is 1. The SMILES string of the molecule is C[C@H]1CC[C@H]2C(=O)N(Cc3ccccc3)C[C@@H](O)CN2[C@H]1c1ccc(Br)cc1. The first-order chi connectivity index (χ1) is 13.5. The van der Waals surface area contributed by atoms with Crippen LogP contribution in [0.15, 0.2) is 59.1 Å². The van der Waals surface area contributed by atoms with E-state index in [0.29, 0.717) is 25.6 Å². The Morgan fingerprint density at radius 2 is 1.75 bits per heavy atom. The Labute approximate surface area is 175 Å². The summed E-state index contributed by atoms with van der Waals surface area (Å²) < 4.78 is 1.05. The minimum absolute atomic E-state index is 0.148. The summed E-state index contributed by atoms with van der Waals surface area (Å²) in [5.74, 6) is 0.590. The van der Waals surface area contributed by atoms with Crippen LogP contribution in [0.5, 0.6) is 0 Å². The van der Waals surface area contributed by atoms with Crippen molar-refractivity contribution in [3.63, 3.8) is 0 Å². The summed E-state index contributed by atoms with van der Waals surface area (Å²) in [4.78, 5) is 17.5. The van der Waals surface area contributed by atoms with Crippen molar-refractivity contribution in [2.75, 3.05) is 13.1 Å². The molecule has 4 nitrogen and oxygen atoms in total. The molecule has 2 aromatic rings. The van der Waals surface area contributed by atoms with Crippen molar-refractivity contribution >= 4 is 21.8 Å². The number of aliphatic hydroxyl groups excluding tert-OH is 1. The predicted molar refractivity (Wildman–Crippen MR) is 114 cm³/mol. The van der Waals surface area contributed by atoms with Crippen LogP contribution in [-0.2, 0) is 11.3 Å². The van der Waals surface area contributed by atoms with Crippen LogP contribution < -0.4 is 0 Å². The second kappa shape index (κ2) is 8.36. The van der Waals surface area contributed by atoms with Crippen LogP contribution in [0.3, 0.4) is 0 Å². The fraction of sp³-hybridized carbons (Fsp3) is 0.435. The van der Waals surface area contributed by atoms with E-state index < -0.39 is 6.10 Å². The van der Waals surface area contributed by atoms with E-state index in [0.717, 1.165) is 22.9 Å². The second-order valence-electron chi connectivity index (χ2n) is 8.12. The van der Waals surface area contributed by atoms with E-state index in [1.807, 2.05) is 35.2 Å². The van der Waals surface area contributed by atoms with Gasteiger partial charge in [-0.15, -0.1) is 0 Å². The first-order valence-electron chi connectivity index (χ1n) is 10.0. The zero-order chi connectivity index (χ0) is 19.7. The number of aliphatic hydroxyl groups is 1. The van der Waals surface area contributed by atoms with Gasteiger partial charge in [0.2, 0.25) is 5.91 Å². The molecule has 1 amide bonds. The zero-order valence-corrected chi connectivity index (χ0v) is 17.8. The van der Waals surface area contributed by atoms with Gasteiger partial charge in [-0.25, -0.2) is 0 Å². The Bertz CT molecular complexity index is 811. The lowest BCUT2D eigenvalue weighted by Crippen LogP contribution is -2.51. The van der Waals surface area contributed by atoms with Crippen molar-refractivity contribution in [3.05, 3.63) is 70.2 Å². The molecule has 28 heavy (non-hydrogen) atoms. The van der Waals surface area contributed by atoms with Gasteiger partial charge >= 0.3 is 0 Å². The van der Waals surface area contributed by atoms with Crippen LogP contribution in [0, 0.1) is 5.92 Å². The average molecular weight is 443 g/mol. The van der Waals surface area contributed by atoms with Crippen molar-refractivity contribution in [3.8, 4) is 0 Å². The van der Waals surface area contributed by atoms with Gasteiger partial charge in [0, 0.05) is 30.1 Å². The number of β-amino-alcohol motifs (C(OH)–C–C–N with tert-alkyl or cyclic N) is 1. The number of hydrogen-bond acceptors (Lipinski definition) is 3. The van der Waals surface area contributed by atoms with Gasteiger partial charge in [0.25, 0.3) is 0 Å². The molecule has 0 spiro atoms. The fourth-order valence-electron chi connectivity index (χ4n) is 4.75. The lowest BCUT2D eigenvalue weighted by Gasteiger charge is -2.44. The molecule has 0 aliphatic carbocycles. The molecule has 0 radical (unpaired) electrons. The highest BCUT2D eigenvalue weighted by Crippen LogP contribution is 2.40. The average Bonchev–Trinajstić information content (AvgIpc) is 2.80. The highest BCUT2D eigenvalue weighted by atomic mass is 79.9. The Morgan fingerprint density at radius 3 is 2.46 bits per heavy atom. The van der Waals surface area contributed by atoms with E-state index in [1.165, 1.54) is 5.56 Å². The largest absolute Gasteiger partial charge is 0.390 e. The molecule has 4 atom stereocenters. The van der Waals surface area contributed by atoms with Crippen LogP contribution in [0.4, 0.5) is 0 Å². The summed E-state index contributed by atoms with van der Waals surface area (Å²) in [6.45, 7) is 3.74. The van der Waals surface area contributed by atoms with Gasteiger partial charge in [0.05, 0.1) is 12.1 Å². The minimum atomic E-state index is -0.541. The first kappa shape index (κ1) is 19.6. The quantitative estimate of drug-likeness (QED) is 0.780. The lowest BCUT2D eigenvalue weighted by atomic mass is 9.82. The van der Waals surface area contributed by atoms with Crippen molar-refractivity contribution in [2.24, 2.45) is 5.92 Å². The highest BCUT2D eigenvalue weighted by Gasteiger charge is 2.44. The molecule has 5 heteroatoms. The van der Waals surface area contributed by atoms with Crippen molar-refractivity contribution in [1.29, 1.82) is 0 Å². The topological polar surface area (TPSA) is 43.8 Å². The predicted octanol–water partition coefficient (Wildman–Crippen LogP) is 3.99. The van der Waals surface area contributed by atoms with Gasteiger partial charge in [0.15, 0.2) is 0 Å². The summed E-state index contributed by atoms with van der Waals surface area (Å²) in [5, 5.41) is 10.7. The van der Waals surface area contributed by atoms with Crippen molar-refractivity contribution < 1.29 is 9.90 Å². The molecule has 2 aliphatic heterocycles. The third kappa shape index (κ3) is 4.02. The third-order valence-corrected chi connectivity index (χ3v) is 6.60. The molecule has 2 heterocycles. The van der Waals surface area contributed by atoms with Gasteiger partial charge in [0.1, 0.15) is 0 Å². The van der Waals surface area contributed by atoms with Crippen LogP contribution in [0.1, 0.15) is 36.9 Å². The summed E-state index contributed by atoms with van der Waals surface area (Å²) in [6, 6.07) is 18.4. The number of carbonyl (C=O) groups is 1. The van der Waals surface area contributed by atoms with E-state index >= 15 is 0 Å². The van der Waals surface area contributed by atoms with Gasteiger partial charge in [-0.1, -0.05) is 65.3 Å². The maximum atomic E-state index is 13.4. The summed E-state index contributed by atoms with van der Waals surface area (Å²) in [5.41, 5.74) is 2.32. The molecule has 2 saturated heterocycles. The molecule has 0 unspecified atom stereocenters. The molecule has 0 bridgehead atoms. The monoisotopic (exact) mass is 442 g/mol. The Balaban J connectivity index is 1.62. The lowest BCUT2D eigenvalue weighted by molar-refractivity contribution is -0.139. The van der Waals surface area contributed by atoms with Crippen LogP contribution in [-0.4, -0.2) is 46.0 Å². The van der Waals surface area contributed by atoms with E-state index in [9.17, 15) is 9.90 Å². The summed E-state index contributed by atoms with van der Waals surface area (Å²) in [6.07, 6.45) is 1.33. The molecule has 0 saturated carbocycles. The highest BCUT2D eigenvalue weighted by molar-refractivity contribution is 9.10.